The fourth-order valence-corrected chi connectivity index (χ4v) is 5.21. The maximum absolute atomic E-state index is 13.7. The highest BCUT2D eigenvalue weighted by molar-refractivity contribution is 7.13. The van der Waals surface area contributed by atoms with Crippen LogP contribution in [0, 0.1) is 0 Å². The molecule has 32 heavy (non-hydrogen) atoms. The number of hydrogen-bond donors (Lipinski definition) is 0. The Morgan fingerprint density at radius 2 is 1.62 bits per heavy atom. The molecule has 2 aromatic heterocycles. The van der Waals surface area contributed by atoms with Crippen molar-refractivity contribution >= 4 is 39.0 Å². The van der Waals surface area contributed by atoms with Crippen LogP contribution in [0.4, 0.5) is 0 Å². The molecule has 0 atom stereocenters. The van der Waals surface area contributed by atoms with E-state index >= 15 is 0 Å². The summed E-state index contributed by atoms with van der Waals surface area (Å²) < 4.78 is 1.89. The smallest absolute Gasteiger partial charge is 0.262 e. The predicted molar refractivity (Wildman–Crippen MR) is 137 cm³/mol. The van der Waals surface area contributed by atoms with Gasteiger partial charge in [0.25, 0.3) is 5.91 Å². The van der Waals surface area contributed by atoms with E-state index in [4.69, 9.17) is 0 Å². The van der Waals surface area contributed by atoms with Crippen molar-refractivity contribution in [2.24, 2.45) is 0 Å². The molecule has 0 amide bonds. The van der Waals surface area contributed by atoms with Gasteiger partial charge >= 0.3 is 0 Å². The van der Waals surface area contributed by atoms with Gasteiger partial charge in [0.05, 0.1) is 11.0 Å². The number of fused-ring (bicyclic) bond motifs is 3. The Labute approximate surface area is 193 Å². The van der Waals surface area contributed by atoms with E-state index in [9.17, 15) is 4.79 Å². The molecule has 0 aliphatic rings. The summed E-state index contributed by atoms with van der Waals surface area (Å²) >= 11 is 1.72. The van der Waals surface area contributed by atoms with Crippen LogP contribution in [0.1, 0.15) is 48.5 Å². The van der Waals surface area contributed by atoms with Crippen LogP contribution in [-0.2, 0) is 6.42 Å². The molecule has 0 aliphatic heterocycles. The van der Waals surface area contributed by atoms with Gasteiger partial charge in [0.2, 0.25) is 0 Å². The first-order valence-corrected chi connectivity index (χ1v) is 12.3. The van der Waals surface area contributed by atoms with Crippen LogP contribution in [0.25, 0.3) is 32.2 Å². The van der Waals surface area contributed by atoms with Gasteiger partial charge in [0, 0.05) is 21.2 Å². The minimum atomic E-state index is 0.0251. The number of para-hydroxylation sites is 1. The normalized spacial score (nSPS) is 11.4. The number of aryl methyl sites for hydroxylation is 1. The number of hydrogen-bond acceptors (Lipinski definition) is 2. The van der Waals surface area contributed by atoms with E-state index < -0.39 is 0 Å². The summed E-state index contributed by atoms with van der Waals surface area (Å²) in [6.07, 6.45) is 6.09. The number of thiophene rings is 1. The Balaban J connectivity index is 1.54. The topological polar surface area (TPSA) is 22.0 Å². The molecule has 0 radical (unpaired) electrons. The number of aromatic nitrogens is 1. The van der Waals surface area contributed by atoms with Crippen molar-refractivity contribution in [1.29, 1.82) is 0 Å². The largest absolute Gasteiger partial charge is 0.276 e. The summed E-state index contributed by atoms with van der Waals surface area (Å²) in [6.45, 7) is 2.23. The van der Waals surface area contributed by atoms with Crippen LogP contribution in [0.15, 0.2) is 84.2 Å². The van der Waals surface area contributed by atoms with Gasteiger partial charge in [0.15, 0.2) is 0 Å². The lowest BCUT2D eigenvalue weighted by atomic mass is 10.0. The molecule has 3 heteroatoms. The zero-order valence-electron chi connectivity index (χ0n) is 18.4. The number of unbranched alkanes of at least 4 members (excludes halogenated alkanes) is 3. The Morgan fingerprint density at radius 1 is 0.812 bits per heavy atom. The van der Waals surface area contributed by atoms with Gasteiger partial charge in [-0.1, -0.05) is 74.7 Å². The van der Waals surface area contributed by atoms with E-state index in [1.807, 2.05) is 34.9 Å². The van der Waals surface area contributed by atoms with Crippen LogP contribution >= 0.6 is 11.3 Å². The molecule has 5 rings (SSSR count). The summed E-state index contributed by atoms with van der Waals surface area (Å²) in [6, 6.07) is 27.0. The van der Waals surface area contributed by atoms with Crippen molar-refractivity contribution in [2.75, 3.05) is 0 Å². The van der Waals surface area contributed by atoms with Crippen molar-refractivity contribution in [2.45, 2.75) is 39.0 Å². The molecule has 0 aliphatic carbocycles. The first kappa shape index (κ1) is 20.7. The predicted octanol–water partition coefficient (Wildman–Crippen LogP) is 8.33. The van der Waals surface area contributed by atoms with E-state index in [-0.39, 0.29) is 5.91 Å². The van der Waals surface area contributed by atoms with Crippen LogP contribution < -0.4 is 0 Å². The quantitative estimate of drug-likeness (QED) is 0.235. The maximum atomic E-state index is 13.7. The lowest BCUT2D eigenvalue weighted by molar-refractivity contribution is 0.0969. The van der Waals surface area contributed by atoms with Crippen LogP contribution in [0.3, 0.4) is 0 Å². The molecule has 0 unspecified atom stereocenters. The molecule has 3 aromatic carbocycles. The summed E-state index contributed by atoms with van der Waals surface area (Å²) in [4.78, 5) is 14.9. The molecule has 2 nitrogen and oxygen atoms in total. The molecule has 2 heterocycles. The first-order chi connectivity index (χ1) is 15.8. The van der Waals surface area contributed by atoms with E-state index in [2.05, 4.69) is 60.8 Å². The average molecular weight is 438 g/mol. The zero-order valence-corrected chi connectivity index (χ0v) is 19.2. The molecule has 160 valence electrons. The summed E-state index contributed by atoms with van der Waals surface area (Å²) in [7, 11) is 0. The summed E-state index contributed by atoms with van der Waals surface area (Å²) in [5, 5.41) is 4.31. The van der Waals surface area contributed by atoms with Gasteiger partial charge in [-0.25, -0.2) is 0 Å². The third-order valence-corrected chi connectivity index (χ3v) is 7.12. The fourth-order valence-electron chi connectivity index (χ4n) is 4.48. The second-order valence-corrected chi connectivity index (χ2v) is 9.32. The van der Waals surface area contributed by atoms with Crippen LogP contribution in [-0.4, -0.2) is 10.5 Å². The second kappa shape index (κ2) is 9.13. The lowest BCUT2D eigenvalue weighted by Crippen LogP contribution is -2.11. The zero-order chi connectivity index (χ0) is 21.9. The molecule has 0 fully saturated rings. The second-order valence-electron chi connectivity index (χ2n) is 8.37. The van der Waals surface area contributed by atoms with E-state index in [1.54, 1.807) is 11.3 Å². The average Bonchev–Trinajstić information content (AvgIpc) is 3.48. The van der Waals surface area contributed by atoms with Gasteiger partial charge in [-0.15, -0.1) is 11.3 Å². The summed E-state index contributed by atoms with van der Waals surface area (Å²) in [5.41, 5.74) is 5.10. The lowest BCUT2D eigenvalue weighted by Gasteiger charge is -2.08. The van der Waals surface area contributed by atoms with Gasteiger partial charge < -0.3 is 0 Å². The monoisotopic (exact) mass is 437 g/mol. The highest BCUT2D eigenvalue weighted by atomic mass is 32.1. The molecule has 0 bridgehead atoms. The van der Waals surface area contributed by atoms with Crippen molar-refractivity contribution in [1.82, 2.24) is 4.57 Å². The third-order valence-electron chi connectivity index (χ3n) is 6.20. The van der Waals surface area contributed by atoms with Crippen molar-refractivity contribution in [3.63, 3.8) is 0 Å². The maximum Gasteiger partial charge on any atom is 0.262 e. The number of benzene rings is 3. The number of nitrogens with zero attached hydrogens (tertiary/aromatic N) is 1. The number of carbonyl (C=O) groups excluding carboxylic acids is 1. The Morgan fingerprint density at radius 3 is 2.41 bits per heavy atom. The number of carbonyl (C=O) groups is 1. The van der Waals surface area contributed by atoms with Crippen LogP contribution in [0.5, 0.6) is 0 Å². The Hall–Kier alpha value is -3.17. The van der Waals surface area contributed by atoms with Crippen LogP contribution in [0.2, 0.25) is 0 Å². The third kappa shape index (κ3) is 3.89. The number of rotatable bonds is 7. The molecule has 0 N–H and O–H groups in total. The van der Waals surface area contributed by atoms with Crippen molar-refractivity contribution in [3.8, 4) is 10.4 Å². The highest BCUT2D eigenvalue weighted by Crippen LogP contribution is 2.34. The molecular formula is C29H27NOS. The van der Waals surface area contributed by atoms with Crippen molar-refractivity contribution in [3.05, 3.63) is 95.4 Å². The Kier molecular flexibility index (Phi) is 5.91. The highest BCUT2D eigenvalue weighted by Gasteiger charge is 2.18. The molecular weight excluding hydrogens is 410 g/mol. The van der Waals surface area contributed by atoms with Gasteiger partial charge in [0.1, 0.15) is 0 Å². The molecule has 0 spiro atoms. The van der Waals surface area contributed by atoms with E-state index in [0.717, 1.165) is 39.4 Å². The van der Waals surface area contributed by atoms with E-state index in [1.165, 1.54) is 36.1 Å². The fraction of sp³-hybridized carbons (Fsp3) is 0.207. The van der Waals surface area contributed by atoms with E-state index in [0.29, 0.717) is 0 Å². The molecule has 0 saturated heterocycles. The minimum absolute atomic E-state index is 0.0251. The standard InChI is InChI=1S/C29H27NOS/c1-2-3-4-5-9-21-13-15-22(16-14-21)29(31)30-26-11-7-6-10-24(26)25-18-17-23(20-27(25)30)28-12-8-19-32-28/h6-8,10-20H,2-5,9H2,1H3. The van der Waals surface area contributed by atoms with Crippen molar-refractivity contribution < 1.29 is 4.79 Å². The molecule has 5 aromatic rings. The van der Waals surface area contributed by atoms with Gasteiger partial charge in [-0.2, -0.15) is 0 Å². The SMILES string of the molecule is CCCCCCc1ccc(C(=O)n2c3ccccc3c3ccc(-c4cccs4)cc32)cc1. The first-order valence-electron chi connectivity index (χ1n) is 11.5. The van der Waals surface area contributed by atoms with Gasteiger partial charge in [-0.3, -0.25) is 9.36 Å². The van der Waals surface area contributed by atoms with Gasteiger partial charge in [-0.05, 0) is 59.7 Å². The minimum Gasteiger partial charge on any atom is -0.276 e. The molecule has 0 saturated carbocycles. The summed E-state index contributed by atoms with van der Waals surface area (Å²) in [5.74, 6) is 0.0251. The Bertz CT molecular complexity index is 1360.